The highest BCUT2D eigenvalue weighted by Crippen LogP contribution is 2.41. The summed E-state index contributed by atoms with van der Waals surface area (Å²) >= 11 is 0. The molecule has 3 rings (SSSR count). The molecule has 0 aliphatic heterocycles. The number of rotatable bonds is 7. The first-order valence-corrected chi connectivity index (χ1v) is 10.0. The van der Waals surface area contributed by atoms with Gasteiger partial charge in [0.2, 0.25) is 17.7 Å². The van der Waals surface area contributed by atoms with Crippen LogP contribution in [-0.4, -0.2) is 17.7 Å². The Labute approximate surface area is 171 Å². The SMILES string of the molecule is CCc1cccc(CC)c1NC(=O)C1CC1C(=O)Nc1cccc(NC(C)=O)c1. The van der Waals surface area contributed by atoms with Crippen molar-refractivity contribution in [3.8, 4) is 0 Å². The molecule has 0 spiro atoms. The van der Waals surface area contributed by atoms with Gasteiger partial charge in [0, 0.05) is 24.0 Å². The van der Waals surface area contributed by atoms with Crippen LogP contribution in [0.15, 0.2) is 42.5 Å². The van der Waals surface area contributed by atoms with E-state index in [1.165, 1.54) is 6.92 Å². The van der Waals surface area contributed by atoms with Crippen LogP contribution in [0.3, 0.4) is 0 Å². The van der Waals surface area contributed by atoms with Crippen molar-refractivity contribution < 1.29 is 14.4 Å². The lowest BCUT2D eigenvalue weighted by molar-refractivity contribution is -0.122. The van der Waals surface area contributed by atoms with E-state index in [1.54, 1.807) is 24.3 Å². The maximum absolute atomic E-state index is 12.7. The third kappa shape index (κ3) is 5.02. The maximum Gasteiger partial charge on any atom is 0.228 e. The van der Waals surface area contributed by atoms with Gasteiger partial charge in [-0.15, -0.1) is 0 Å². The molecule has 0 radical (unpaired) electrons. The molecule has 1 saturated carbocycles. The summed E-state index contributed by atoms with van der Waals surface area (Å²) in [4.78, 5) is 36.4. The number of hydrogen-bond acceptors (Lipinski definition) is 3. The second-order valence-electron chi connectivity index (χ2n) is 7.35. The van der Waals surface area contributed by atoms with Gasteiger partial charge in [-0.2, -0.15) is 0 Å². The van der Waals surface area contributed by atoms with Gasteiger partial charge in [-0.25, -0.2) is 0 Å². The number of carbonyl (C=O) groups excluding carboxylic acids is 3. The van der Waals surface area contributed by atoms with Crippen molar-refractivity contribution in [1.82, 2.24) is 0 Å². The average molecular weight is 393 g/mol. The molecule has 6 nitrogen and oxygen atoms in total. The summed E-state index contributed by atoms with van der Waals surface area (Å²) in [6.45, 7) is 5.55. The summed E-state index contributed by atoms with van der Waals surface area (Å²) in [6.07, 6.45) is 2.21. The van der Waals surface area contributed by atoms with Gasteiger partial charge in [-0.1, -0.05) is 38.1 Å². The zero-order valence-electron chi connectivity index (χ0n) is 17.0. The fourth-order valence-corrected chi connectivity index (χ4v) is 3.51. The molecule has 1 aliphatic carbocycles. The van der Waals surface area contributed by atoms with Gasteiger partial charge in [-0.3, -0.25) is 14.4 Å². The van der Waals surface area contributed by atoms with Crippen LogP contribution in [0.2, 0.25) is 0 Å². The van der Waals surface area contributed by atoms with E-state index in [-0.39, 0.29) is 29.6 Å². The van der Waals surface area contributed by atoms with Gasteiger partial charge >= 0.3 is 0 Å². The number of amides is 3. The minimum atomic E-state index is -0.335. The fraction of sp³-hybridized carbons (Fsp3) is 0.348. The molecule has 0 aromatic heterocycles. The number of nitrogens with one attached hydrogen (secondary N) is 3. The summed E-state index contributed by atoms with van der Waals surface area (Å²) in [7, 11) is 0. The normalized spacial score (nSPS) is 17.3. The van der Waals surface area contributed by atoms with Crippen molar-refractivity contribution in [2.45, 2.75) is 40.0 Å². The van der Waals surface area contributed by atoms with Crippen LogP contribution < -0.4 is 16.0 Å². The molecule has 2 aromatic carbocycles. The molecule has 3 N–H and O–H groups in total. The van der Waals surface area contributed by atoms with E-state index in [4.69, 9.17) is 0 Å². The first kappa shape index (κ1) is 20.6. The van der Waals surface area contributed by atoms with Crippen LogP contribution in [0.4, 0.5) is 17.1 Å². The van der Waals surface area contributed by atoms with Gasteiger partial charge < -0.3 is 16.0 Å². The minimum absolute atomic E-state index is 0.104. The van der Waals surface area contributed by atoms with Crippen molar-refractivity contribution in [3.05, 3.63) is 53.6 Å². The highest BCUT2D eigenvalue weighted by molar-refractivity contribution is 6.04. The summed E-state index contributed by atoms with van der Waals surface area (Å²) in [6, 6.07) is 13.0. The maximum atomic E-state index is 12.7. The third-order valence-electron chi connectivity index (χ3n) is 5.16. The molecule has 2 atom stereocenters. The molecule has 152 valence electrons. The van der Waals surface area contributed by atoms with Crippen LogP contribution in [-0.2, 0) is 27.2 Å². The Morgan fingerprint density at radius 2 is 1.34 bits per heavy atom. The lowest BCUT2D eigenvalue weighted by atomic mass is 10.0. The molecule has 1 fully saturated rings. The third-order valence-corrected chi connectivity index (χ3v) is 5.16. The Bertz CT molecular complexity index is 916. The Kier molecular flexibility index (Phi) is 6.32. The lowest BCUT2D eigenvalue weighted by Gasteiger charge is -2.14. The van der Waals surface area contributed by atoms with Crippen molar-refractivity contribution >= 4 is 34.8 Å². The van der Waals surface area contributed by atoms with E-state index in [2.05, 4.69) is 29.8 Å². The zero-order chi connectivity index (χ0) is 21.0. The predicted octanol–water partition coefficient (Wildman–Crippen LogP) is 3.98. The number of hydrogen-bond donors (Lipinski definition) is 3. The summed E-state index contributed by atoms with van der Waals surface area (Å²) in [5.74, 6) is -1.11. The van der Waals surface area contributed by atoms with E-state index in [1.807, 2.05) is 18.2 Å². The molecule has 0 saturated heterocycles. The number of benzene rings is 2. The Morgan fingerprint density at radius 3 is 1.90 bits per heavy atom. The molecule has 0 heterocycles. The van der Waals surface area contributed by atoms with Crippen molar-refractivity contribution in [2.75, 3.05) is 16.0 Å². The molecule has 3 amide bonds. The second-order valence-corrected chi connectivity index (χ2v) is 7.35. The van der Waals surface area contributed by atoms with Crippen LogP contribution in [0.5, 0.6) is 0 Å². The quantitative estimate of drug-likeness (QED) is 0.665. The Hall–Kier alpha value is -3.15. The first-order valence-electron chi connectivity index (χ1n) is 10.0. The highest BCUT2D eigenvalue weighted by atomic mass is 16.2. The molecule has 1 aliphatic rings. The van der Waals surface area contributed by atoms with Crippen molar-refractivity contribution in [2.24, 2.45) is 11.8 Å². The molecule has 2 aromatic rings. The lowest BCUT2D eigenvalue weighted by Crippen LogP contribution is -2.21. The fourth-order valence-electron chi connectivity index (χ4n) is 3.51. The van der Waals surface area contributed by atoms with E-state index in [0.29, 0.717) is 17.8 Å². The van der Waals surface area contributed by atoms with E-state index in [0.717, 1.165) is 29.7 Å². The number of anilines is 3. The number of para-hydroxylation sites is 1. The molecule has 2 unspecified atom stereocenters. The molecule has 6 heteroatoms. The topological polar surface area (TPSA) is 87.3 Å². The zero-order valence-corrected chi connectivity index (χ0v) is 17.0. The van der Waals surface area contributed by atoms with Gasteiger partial charge in [0.15, 0.2) is 0 Å². The highest BCUT2D eigenvalue weighted by Gasteiger charge is 2.48. The summed E-state index contributed by atoms with van der Waals surface area (Å²) < 4.78 is 0. The summed E-state index contributed by atoms with van der Waals surface area (Å²) in [5.41, 5.74) is 4.31. The van der Waals surface area contributed by atoms with Gasteiger partial charge in [-0.05, 0) is 48.6 Å². The standard InChI is InChI=1S/C23H27N3O3/c1-4-15-8-6-9-16(5-2)21(15)26-23(29)20-13-19(20)22(28)25-18-11-7-10-17(12-18)24-14(3)27/h6-12,19-20H,4-5,13H2,1-3H3,(H,24,27)(H,25,28)(H,26,29). The minimum Gasteiger partial charge on any atom is -0.326 e. The second kappa shape index (κ2) is 8.90. The van der Waals surface area contributed by atoms with Crippen LogP contribution in [0, 0.1) is 11.8 Å². The van der Waals surface area contributed by atoms with E-state index in [9.17, 15) is 14.4 Å². The van der Waals surface area contributed by atoms with Gasteiger partial charge in [0.25, 0.3) is 0 Å². The first-order chi connectivity index (χ1) is 13.9. The average Bonchev–Trinajstić information content (AvgIpc) is 3.49. The Balaban J connectivity index is 1.62. The van der Waals surface area contributed by atoms with Gasteiger partial charge in [0.1, 0.15) is 0 Å². The van der Waals surface area contributed by atoms with Crippen molar-refractivity contribution in [1.29, 1.82) is 0 Å². The van der Waals surface area contributed by atoms with Crippen molar-refractivity contribution in [3.63, 3.8) is 0 Å². The van der Waals surface area contributed by atoms with Crippen LogP contribution in [0.1, 0.15) is 38.3 Å². The summed E-state index contributed by atoms with van der Waals surface area (Å²) in [5, 5.41) is 8.58. The predicted molar refractivity (Wildman–Crippen MR) is 115 cm³/mol. The molecular formula is C23H27N3O3. The Morgan fingerprint density at radius 1 is 0.828 bits per heavy atom. The van der Waals surface area contributed by atoms with Crippen LogP contribution >= 0.6 is 0 Å². The molecular weight excluding hydrogens is 366 g/mol. The number of aryl methyl sites for hydroxylation is 2. The largest absolute Gasteiger partial charge is 0.326 e. The number of carbonyl (C=O) groups is 3. The smallest absolute Gasteiger partial charge is 0.228 e. The van der Waals surface area contributed by atoms with Gasteiger partial charge in [0.05, 0.1) is 11.8 Å². The van der Waals surface area contributed by atoms with E-state index >= 15 is 0 Å². The van der Waals surface area contributed by atoms with Crippen LogP contribution in [0.25, 0.3) is 0 Å². The molecule has 0 bridgehead atoms. The van der Waals surface area contributed by atoms with E-state index < -0.39 is 0 Å². The molecule has 29 heavy (non-hydrogen) atoms. The monoisotopic (exact) mass is 393 g/mol.